The molecule has 0 spiro atoms. The highest BCUT2D eigenvalue weighted by atomic mass is 14.8. The molecule has 0 radical (unpaired) electrons. The monoisotopic (exact) mass is 170 g/mol. The predicted octanol–water partition coefficient (Wildman–Crippen LogP) is 1.28. The molecule has 1 aromatic carbocycles. The van der Waals surface area contributed by atoms with Gasteiger partial charge in [0.05, 0.1) is 0 Å². The lowest BCUT2D eigenvalue weighted by Gasteiger charge is -1.99. The summed E-state index contributed by atoms with van der Waals surface area (Å²) in [5.41, 5.74) is 2.06. The molecule has 0 fully saturated rings. The minimum atomic E-state index is 0.822. The first-order valence-electron chi connectivity index (χ1n) is 4.00. The summed E-state index contributed by atoms with van der Waals surface area (Å²) in [4.78, 5) is 0. The van der Waals surface area contributed by atoms with Gasteiger partial charge < -0.3 is 5.32 Å². The smallest absolute Gasteiger partial charge is 0.152 e. The van der Waals surface area contributed by atoms with E-state index in [-0.39, 0.29) is 0 Å². The van der Waals surface area contributed by atoms with Crippen LogP contribution in [0.2, 0.25) is 0 Å². The van der Waals surface area contributed by atoms with Crippen LogP contribution in [-0.2, 0) is 6.54 Å². The molecule has 2 heteroatoms. The van der Waals surface area contributed by atoms with Crippen LogP contribution < -0.4 is 5.32 Å². The van der Waals surface area contributed by atoms with Crippen molar-refractivity contribution in [3.05, 3.63) is 35.4 Å². The number of hydrogen-bond donors (Lipinski definition) is 1. The zero-order valence-corrected chi connectivity index (χ0v) is 7.46. The fraction of sp³-hybridized carbons (Fsp3) is 0.182. The van der Waals surface area contributed by atoms with Crippen molar-refractivity contribution in [3.8, 4) is 17.9 Å². The fourth-order valence-corrected chi connectivity index (χ4v) is 1.06. The SMILES string of the molecule is CNCc1cccc(C#CC#N)c1. The maximum Gasteiger partial charge on any atom is 0.152 e. The molecular weight excluding hydrogens is 160 g/mol. The number of nitrogens with one attached hydrogen (secondary N) is 1. The van der Waals surface area contributed by atoms with Crippen LogP contribution in [0.15, 0.2) is 24.3 Å². The lowest BCUT2D eigenvalue weighted by molar-refractivity contribution is 0.817. The largest absolute Gasteiger partial charge is 0.316 e. The highest BCUT2D eigenvalue weighted by Gasteiger charge is 1.91. The van der Waals surface area contributed by atoms with Crippen LogP contribution in [0.1, 0.15) is 11.1 Å². The van der Waals surface area contributed by atoms with Gasteiger partial charge in [0.15, 0.2) is 6.07 Å². The standard InChI is InChI=1S/C11H10N2/c1-13-9-11-5-2-4-10(8-11)6-3-7-12/h2,4-5,8,13H,9H2,1H3. The van der Waals surface area contributed by atoms with Gasteiger partial charge in [0.25, 0.3) is 0 Å². The van der Waals surface area contributed by atoms with Gasteiger partial charge in [-0.15, -0.1) is 0 Å². The summed E-state index contributed by atoms with van der Waals surface area (Å²) in [6, 6.07) is 9.62. The molecule has 1 rings (SSSR count). The molecule has 0 aliphatic rings. The van der Waals surface area contributed by atoms with E-state index in [0.717, 1.165) is 12.1 Å². The Morgan fingerprint density at radius 1 is 1.46 bits per heavy atom. The lowest BCUT2D eigenvalue weighted by atomic mass is 10.1. The molecule has 0 bridgehead atoms. The topological polar surface area (TPSA) is 35.8 Å². The molecule has 0 aromatic heterocycles. The minimum Gasteiger partial charge on any atom is -0.316 e. The van der Waals surface area contributed by atoms with Crippen molar-refractivity contribution < 1.29 is 0 Å². The highest BCUT2D eigenvalue weighted by molar-refractivity contribution is 5.39. The van der Waals surface area contributed by atoms with Crippen LogP contribution in [-0.4, -0.2) is 7.05 Å². The minimum absolute atomic E-state index is 0.822. The molecule has 2 nitrogen and oxygen atoms in total. The van der Waals surface area contributed by atoms with Gasteiger partial charge in [0.2, 0.25) is 0 Å². The van der Waals surface area contributed by atoms with Gasteiger partial charge in [-0.05, 0) is 24.7 Å². The van der Waals surface area contributed by atoms with Gasteiger partial charge in [-0.2, -0.15) is 5.26 Å². The molecule has 64 valence electrons. The van der Waals surface area contributed by atoms with Crippen molar-refractivity contribution in [1.82, 2.24) is 5.32 Å². The van der Waals surface area contributed by atoms with E-state index in [0.29, 0.717) is 0 Å². The summed E-state index contributed by atoms with van der Waals surface area (Å²) in [6.45, 7) is 0.822. The van der Waals surface area contributed by atoms with Crippen LogP contribution in [0.3, 0.4) is 0 Å². The van der Waals surface area contributed by atoms with Crippen LogP contribution in [0.4, 0.5) is 0 Å². The van der Waals surface area contributed by atoms with Gasteiger partial charge in [-0.1, -0.05) is 18.1 Å². The van der Waals surface area contributed by atoms with E-state index < -0.39 is 0 Å². The molecule has 13 heavy (non-hydrogen) atoms. The average molecular weight is 170 g/mol. The Kier molecular flexibility index (Phi) is 3.57. The third-order valence-electron chi connectivity index (χ3n) is 1.57. The van der Waals surface area contributed by atoms with E-state index in [2.05, 4.69) is 17.2 Å². The third kappa shape index (κ3) is 2.99. The Morgan fingerprint density at radius 2 is 2.31 bits per heavy atom. The second-order valence-corrected chi connectivity index (χ2v) is 2.59. The Morgan fingerprint density at radius 3 is 3.00 bits per heavy atom. The molecule has 0 unspecified atom stereocenters. The van der Waals surface area contributed by atoms with E-state index in [1.807, 2.05) is 31.3 Å². The van der Waals surface area contributed by atoms with Gasteiger partial charge in [-0.25, -0.2) is 0 Å². The van der Waals surface area contributed by atoms with E-state index >= 15 is 0 Å². The summed E-state index contributed by atoms with van der Waals surface area (Å²) < 4.78 is 0. The molecule has 1 N–H and O–H groups in total. The van der Waals surface area contributed by atoms with Crippen LogP contribution in [0.25, 0.3) is 0 Å². The van der Waals surface area contributed by atoms with Gasteiger partial charge in [0, 0.05) is 18.0 Å². The second kappa shape index (κ2) is 4.98. The maximum absolute atomic E-state index is 8.26. The number of benzene rings is 1. The normalized spacial score (nSPS) is 8.31. The van der Waals surface area contributed by atoms with Crippen LogP contribution >= 0.6 is 0 Å². The maximum atomic E-state index is 8.26. The number of hydrogen-bond acceptors (Lipinski definition) is 2. The highest BCUT2D eigenvalue weighted by Crippen LogP contribution is 2.03. The molecule has 1 aromatic rings. The first kappa shape index (κ1) is 9.32. The lowest BCUT2D eigenvalue weighted by Crippen LogP contribution is -2.04. The van der Waals surface area contributed by atoms with Crippen molar-refractivity contribution >= 4 is 0 Å². The third-order valence-corrected chi connectivity index (χ3v) is 1.57. The zero-order valence-electron chi connectivity index (χ0n) is 7.46. The van der Waals surface area contributed by atoms with Crippen molar-refractivity contribution in [2.75, 3.05) is 7.05 Å². The van der Waals surface area contributed by atoms with Crippen molar-refractivity contribution in [1.29, 1.82) is 5.26 Å². The summed E-state index contributed by atoms with van der Waals surface area (Å²) in [6.07, 6.45) is 0. The quantitative estimate of drug-likeness (QED) is 0.679. The van der Waals surface area contributed by atoms with Crippen LogP contribution in [0, 0.1) is 23.2 Å². The van der Waals surface area contributed by atoms with E-state index in [1.165, 1.54) is 5.56 Å². The Labute approximate surface area is 78.2 Å². The molecule has 0 saturated carbocycles. The van der Waals surface area contributed by atoms with Gasteiger partial charge in [0.1, 0.15) is 0 Å². The molecular formula is C11H10N2. The molecule has 0 aliphatic heterocycles. The number of rotatable bonds is 2. The molecule has 0 heterocycles. The number of nitrogens with zero attached hydrogens (tertiary/aromatic N) is 1. The predicted molar refractivity (Wildman–Crippen MR) is 51.7 cm³/mol. The van der Waals surface area contributed by atoms with E-state index in [9.17, 15) is 0 Å². The van der Waals surface area contributed by atoms with Crippen molar-refractivity contribution in [3.63, 3.8) is 0 Å². The van der Waals surface area contributed by atoms with Crippen molar-refractivity contribution in [2.45, 2.75) is 6.54 Å². The summed E-state index contributed by atoms with van der Waals surface area (Å²) in [7, 11) is 1.90. The summed E-state index contributed by atoms with van der Waals surface area (Å²) in [5.74, 6) is 5.12. The molecule has 0 saturated heterocycles. The first-order chi connectivity index (χ1) is 6.36. The van der Waals surface area contributed by atoms with E-state index in [4.69, 9.17) is 5.26 Å². The molecule has 0 atom stereocenters. The average Bonchev–Trinajstić information content (AvgIpc) is 2.16. The Bertz CT molecular complexity index is 377. The second-order valence-electron chi connectivity index (χ2n) is 2.59. The summed E-state index contributed by atoms with van der Waals surface area (Å²) >= 11 is 0. The summed E-state index contributed by atoms with van der Waals surface area (Å²) in [5, 5.41) is 11.3. The number of nitriles is 1. The van der Waals surface area contributed by atoms with Gasteiger partial charge >= 0.3 is 0 Å². The Balaban J connectivity index is 2.86. The van der Waals surface area contributed by atoms with Gasteiger partial charge in [-0.3, -0.25) is 0 Å². The zero-order chi connectivity index (χ0) is 9.52. The molecule has 0 amide bonds. The molecule has 0 aliphatic carbocycles. The first-order valence-corrected chi connectivity index (χ1v) is 4.00. The Hall–Kier alpha value is -1.77. The van der Waals surface area contributed by atoms with Crippen LogP contribution in [0.5, 0.6) is 0 Å². The fourth-order valence-electron chi connectivity index (χ4n) is 1.06. The van der Waals surface area contributed by atoms with E-state index in [1.54, 1.807) is 6.07 Å². The van der Waals surface area contributed by atoms with Crippen molar-refractivity contribution in [2.24, 2.45) is 0 Å².